The van der Waals surface area contributed by atoms with Crippen molar-refractivity contribution in [3.8, 4) is 17.1 Å². The van der Waals surface area contributed by atoms with E-state index in [2.05, 4.69) is 41.0 Å². The highest BCUT2D eigenvalue weighted by atomic mass is 16.5. The van der Waals surface area contributed by atoms with Crippen LogP contribution >= 0.6 is 0 Å². The SMILES string of the molecule is CNC(=O)c1nnc(NC(=O)OC)cc1Nc1cccc(-c2noc(COC)n2)c1OC. The fourth-order valence-electron chi connectivity index (χ4n) is 2.71. The van der Waals surface area contributed by atoms with Gasteiger partial charge < -0.3 is 29.4 Å². The van der Waals surface area contributed by atoms with Crippen LogP contribution in [0.2, 0.25) is 0 Å². The van der Waals surface area contributed by atoms with Crippen LogP contribution in [0, 0.1) is 0 Å². The summed E-state index contributed by atoms with van der Waals surface area (Å²) in [6, 6.07) is 6.65. The van der Waals surface area contributed by atoms with Crippen molar-refractivity contribution < 1.29 is 28.3 Å². The van der Waals surface area contributed by atoms with Crippen molar-refractivity contribution in [2.45, 2.75) is 6.61 Å². The number of hydrogen-bond acceptors (Lipinski definition) is 11. The summed E-state index contributed by atoms with van der Waals surface area (Å²) >= 11 is 0. The number of carbonyl (C=O) groups excluding carboxylic acids is 2. The van der Waals surface area contributed by atoms with Crippen molar-refractivity contribution in [1.29, 1.82) is 0 Å². The molecule has 0 atom stereocenters. The molecule has 3 N–H and O–H groups in total. The maximum atomic E-state index is 12.3. The van der Waals surface area contributed by atoms with Gasteiger partial charge in [0.2, 0.25) is 5.82 Å². The zero-order chi connectivity index (χ0) is 23.1. The number of nitrogens with one attached hydrogen (secondary N) is 3. The average Bonchev–Trinajstić information content (AvgIpc) is 3.27. The van der Waals surface area contributed by atoms with Gasteiger partial charge in [-0.25, -0.2) is 4.79 Å². The molecule has 0 saturated heterocycles. The van der Waals surface area contributed by atoms with Crippen molar-refractivity contribution in [2.24, 2.45) is 0 Å². The summed E-state index contributed by atoms with van der Waals surface area (Å²) in [4.78, 5) is 28.1. The zero-order valence-electron chi connectivity index (χ0n) is 17.8. The third-order valence-corrected chi connectivity index (χ3v) is 4.12. The van der Waals surface area contributed by atoms with Gasteiger partial charge in [-0.3, -0.25) is 10.1 Å². The molecule has 1 aromatic carbocycles. The molecule has 0 radical (unpaired) electrons. The Morgan fingerprint density at radius 2 is 1.94 bits per heavy atom. The smallest absolute Gasteiger partial charge is 0.412 e. The number of anilines is 3. The van der Waals surface area contributed by atoms with Gasteiger partial charge in [0.1, 0.15) is 6.61 Å². The number of hydrogen-bond donors (Lipinski definition) is 3. The molecule has 13 nitrogen and oxygen atoms in total. The van der Waals surface area contributed by atoms with Crippen molar-refractivity contribution in [1.82, 2.24) is 25.7 Å². The molecule has 0 aliphatic carbocycles. The largest absolute Gasteiger partial charge is 0.494 e. The van der Waals surface area contributed by atoms with Crippen LogP contribution in [0.15, 0.2) is 28.8 Å². The lowest BCUT2D eigenvalue weighted by Crippen LogP contribution is -2.22. The summed E-state index contributed by atoms with van der Waals surface area (Å²) in [6.07, 6.45) is -0.735. The summed E-state index contributed by atoms with van der Waals surface area (Å²) in [5.74, 6) is 0.581. The molecule has 168 valence electrons. The van der Waals surface area contributed by atoms with E-state index in [1.54, 1.807) is 18.2 Å². The highest BCUT2D eigenvalue weighted by Gasteiger charge is 2.20. The van der Waals surface area contributed by atoms with Gasteiger partial charge in [0.05, 0.1) is 31.2 Å². The standard InChI is InChI=1S/C19H21N7O6/c1-20-18(27)15-12(8-13(24-25-15)22-19(28)31-4)21-11-7-5-6-10(16(11)30-3)17-23-14(9-29-2)32-26-17/h5-8H,9H2,1-4H3,(H,20,27)(H2,21,22,24,28). The first-order valence-electron chi connectivity index (χ1n) is 9.21. The van der Waals surface area contributed by atoms with Crippen LogP contribution in [-0.4, -0.2) is 60.7 Å². The molecule has 2 amide bonds. The molecule has 3 rings (SSSR count). The van der Waals surface area contributed by atoms with Crippen LogP contribution in [0.4, 0.5) is 22.0 Å². The zero-order valence-corrected chi connectivity index (χ0v) is 17.8. The Labute approximate surface area is 182 Å². The van der Waals surface area contributed by atoms with Crippen molar-refractivity contribution in [3.05, 3.63) is 35.9 Å². The fourth-order valence-corrected chi connectivity index (χ4v) is 2.71. The molecule has 2 heterocycles. The van der Waals surface area contributed by atoms with E-state index < -0.39 is 12.0 Å². The van der Waals surface area contributed by atoms with Crippen LogP contribution in [0.5, 0.6) is 5.75 Å². The van der Waals surface area contributed by atoms with E-state index in [1.165, 1.54) is 34.4 Å². The number of nitrogens with zero attached hydrogens (tertiary/aromatic N) is 4. The van der Waals surface area contributed by atoms with Gasteiger partial charge in [-0.05, 0) is 12.1 Å². The first-order valence-corrected chi connectivity index (χ1v) is 9.21. The topological polar surface area (TPSA) is 163 Å². The highest BCUT2D eigenvalue weighted by molar-refractivity contribution is 5.99. The molecule has 0 aliphatic heterocycles. The molecule has 3 aromatic rings. The van der Waals surface area contributed by atoms with Gasteiger partial charge in [-0.1, -0.05) is 11.2 Å². The number of amides is 2. The second kappa shape index (κ2) is 10.2. The number of methoxy groups -OCH3 is 3. The number of benzene rings is 1. The lowest BCUT2D eigenvalue weighted by molar-refractivity contribution is 0.0958. The second-order valence-corrected chi connectivity index (χ2v) is 6.14. The van der Waals surface area contributed by atoms with Crippen LogP contribution < -0.4 is 20.7 Å². The van der Waals surface area contributed by atoms with Crippen LogP contribution in [0.3, 0.4) is 0 Å². The van der Waals surface area contributed by atoms with E-state index in [9.17, 15) is 9.59 Å². The van der Waals surface area contributed by atoms with E-state index in [-0.39, 0.29) is 23.8 Å². The van der Waals surface area contributed by atoms with E-state index in [4.69, 9.17) is 14.0 Å². The number of ether oxygens (including phenoxy) is 3. The van der Waals surface area contributed by atoms with Gasteiger partial charge in [0.15, 0.2) is 17.3 Å². The Morgan fingerprint density at radius 3 is 2.62 bits per heavy atom. The fraction of sp³-hybridized carbons (Fsp3) is 0.263. The molecular weight excluding hydrogens is 422 g/mol. The molecule has 13 heteroatoms. The third-order valence-electron chi connectivity index (χ3n) is 4.12. The van der Waals surface area contributed by atoms with E-state index in [1.807, 2.05) is 0 Å². The maximum Gasteiger partial charge on any atom is 0.412 e. The molecule has 0 unspecified atom stereocenters. The minimum atomic E-state index is -0.735. The highest BCUT2D eigenvalue weighted by Crippen LogP contribution is 2.37. The molecule has 0 spiro atoms. The summed E-state index contributed by atoms with van der Waals surface area (Å²) in [7, 11) is 5.68. The number of rotatable bonds is 8. The Hall–Kier alpha value is -4.26. The number of aromatic nitrogens is 4. The first-order chi connectivity index (χ1) is 15.5. The lowest BCUT2D eigenvalue weighted by atomic mass is 10.1. The predicted molar refractivity (Wildman–Crippen MR) is 112 cm³/mol. The summed E-state index contributed by atoms with van der Waals surface area (Å²) in [6.45, 7) is 0.168. The van der Waals surface area contributed by atoms with Crippen LogP contribution in [0.1, 0.15) is 16.4 Å². The maximum absolute atomic E-state index is 12.3. The molecule has 0 fully saturated rings. The normalized spacial score (nSPS) is 10.4. The van der Waals surface area contributed by atoms with Crippen LogP contribution in [0.25, 0.3) is 11.4 Å². The van der Waals surface area contributed by atoms with E-state index in [0.29, 0.717) is 28.7 Å². The average molecular weight is 443 g/mol. The molecular formula is C19H21N7O6. The molecule has 2 aromatic heterocycles. The number of carbonyl (C=O) groups is 2. The molecule has 0 saturated carbocycles. The summed E-state index contributed by atoms with van der Waals surface area (Å²) < 4.78 is 20.3. The van der Waals surface area contributed by atoms with Gasteiger partial charge in [0.25, 0.3) is 11.8 Å². The molecule has 32 heavy (non-hydrogen) atoms. The third kappa shape index (κ3) is 4.89. The molecule has 0 bridgehead atoms. The van der Waals surface area contributed by atoms with Gasteiger partial charge in [0, 0.05) is 20.2 Å². The van der Waals surface area contributed by atoms with Crippen molar-refractivity contribution in [3.63, 3.8) is 0 Å². The van der Waals surface area contributed by atoms with Crippen molar-refractivity contribution in [2.75, 3.05) is 39.0 Å². The summed E-state index contributed by atoms with van der Waals surface area (Å²) in [5, 5.41) is 19.7. The minimum absolute atomic E-state index is 0.00249. The second-order valence-electron chi connectivity index (χ2n) is 6.14. The van der Waals surface area contributed by atoms with Crippen molar-refractivity contribution >= 4 is 29.2 Å². The van der Waals surface area contributed by atoms with Gasteiger partial charge >= 0.3 is 6.09 Å². The Balaban J connectivity index is 2.02. The minimum Gasteiger partial charge on any atom is -0.494 e. The monoisotopic (exact) mass is 443 g/mol. The Bertz CT molecular complexity index is 1120. The van der Waals surface area contributed by atoms with Gasteiger partial charge in [-0.15, -0.1) is 10.2 Å². The predicted octanol–water partition coefficient (Wildman–Crippen LogP) is 1.96. The molecule has 0 aliphatic rings. The van der Waals surface area contributed by atoms with E-state index in [0.717, 1.165) is 0 Å². The summed E-state index contributed by atoms with van der Waals surface area (Å²) in [5.41, 5.74) is 1.27. The van der Waals surface area contributed by atoms with E-state index >= 15 is 0 Å². The first kappa shape index (κ1) is 22.4. The van der Waals surface area contributed by atoms with Gasteiger partial charge in [-0.2, -0.15) is 4.98 Å². The van der Waals surface area contributed by atoms with Crippen LogP contribution in [-0.2, 0) is 16.1 Å². The Kier molecular flexibility index (Phi) is 7.13. The lowest BCUT2D eigenvalue weighted by Gasteiger charge is -2.15. The Morgan fingerprint density at radius 1 is 1.12 bits per heavy atom. The number of para-hydroxylation sites is 1. The quantitative estimate of drug-likeness (QED) is 0.466.